The highest BCUT2D eigenvalue weighted by Crippen LogP contribution is 2.58. The summed E-state index contributed by atoms with van der Waals surface area (Å²) < 4.78 is 0. The van der Waals surface area contributed by atoms with E-state index in [2.05, 4.69) is 20.1 Å². The van der Waals surface area contributed by atoms with Gasteiger partial charge in [-0.2, -0.15) is 11.8 Å². The highest BCUT2D eigenvalue weighted by molar-refractivity contribution is 7.98. The predicted octanol–water partition coefficient (Wildman–Crippen LogP) is 1.58. The summed E-state index contributed by atoms with van der Waals surface area (Å²) in [6.07, 6.45) is 2.17. The molecule has 0 aromatic heterocycles. The molecule has 1 rings (SSSR count). The van der Waals surface area contributed by atoms with Crippen LogP contribution in [-0.2, 0) is 0 Å². The van der Waals surface area contributed by atoms with E-state index in [4.69, 9.17) is 5.73 Å². The van der Waals surface area contributed by atoms with Crippen molar-refractivity contribution in [1.82, 2.24) is 0 Å². The number of thioether (sulfide) groups is 1. The van der Waals surface area contributed by atoms with E-state index >= 15 is 0 Å². The van der Waals surface area contributed by atoms with Crippen LogP contribution in [0.4, 0.5) is 0 Å². The van der Waals surface area contributed by atoms with Gasteiger partial charge in [-0.15, -0.1) is 0 Å². The van der Waals surface area contributed by atoms with E-state index in [-0.39, 0.29) is 0 Å². The maximum absolute atomic E-state index is 5.62. The topological polar surface area (TPSA) is 26.0 Å². The Balaban J connectivity index is 2.37. The molecule has 2 unspecified atom stereocenters. The van der Waals surface area contributed by atoms with Crippen LogP contribution >= 0.6 is 11.8 Å². The van der Waals surface area contributed by atoms with E-state index in [0.717, 1.165) is 18.4 Å². The van der Waals surface area contributed by atoms with Gasteiger partial charge in [-0.1, -0.05) is 13.8 Å². The summed E-state index contributed by atoms with van der Waals surface area (Å²) in [6.45, 7) is 5.52. The molecule has 2 heteroatoms. The van der Waals surface area contributed by atoms with Crippen LogP contribution in [0.25, 0.3) is 0 Å². The molecule has 1 aliphatic carbocycles. The first-order valence-electron chi connectivity index (χ1n) is 3.83. The fraction of sp³-hybridized carbons (Fsp3) is 1.00. The zero-order chi connectivity index (χ0) is 7.78. The molecule has 0 amide bonds. The molecular weight excluding hydrogens is 142 g/mol. The summed E-state index contributed by atoms with van der Waals surface area (Å²) in [5, 5.41) is 0. The minimum atomic E-state index is 0.539. The summed E-state index contributed by atoms with van der Waals surface area (Å²) in [6, 6.07) is 0. The molecule has 0 aromatic carbocycles. The third-order valence-electron chi connectivity index (χ3n) is 2.89. The molecule has 1 fully saturated rings. The number of hydrogen-bond donors (Lipinski definition) is 1. The molecule has 1 nitrogen and oxygen atoms in total. The summed E-state index contributed by atoms with van der Waals surface area (Å²) >= 11 is 1.94. The summed E-state index contributed by atoms with van der Waals surface area (Å²) in [5.74, 6) is 2.96. The quantitative estimate of drug-likeness (QED) is 0.676. The monoisotopic (exact) mass is 159 g/mol. The highest BCUT2D eigenvalue weighted by atomic mass is 32.2. The van der Waals surface area contributed by atoms with Crippen molar-refractivity contribution in [3.05, 3.63) is 0 Å². The Morgan fingerprint density at radius 2 is 2.00 bits per heavy atom. The minimum absolute atomic E-state index is 0.539. The van der Waals surface area contributed by atoms with E-state index in [1.165, 1.54) is 5.75 Å². The highest BCUT2D eigenvalue weighted by Gasteiger charge is 2.55. The zero-order valence-electron chi connectivity index (χ0n) is 7.05. The summed E-state index contributed by atoms with van der Waals surface area (Å²) in [7, 11) is 0. The van der Waals surface area contributed by atoms with Gasteiger partial charge in [0.25, 0.3) is 0 Å². The van der Waals surface area contributed by atoms with Crippen molar-refractivity contribution in [2.45, 2.75) is 13.8 Å². The third kappa shape index (κ3) is 1.19. The van der Waals surface area contributed by atoms with Crippen LogP contribution in [0.2, 0.25) is 0 Å². The number of nitrogens with two attached hydrogens (primary N) is 1. The molecule has 2 atom stereocenters. The van der Waals surface area contributed by atoms with Crippen molar-refractivity contribution in [3.63, 3.8) is 0 Å². The second kappa shape index (κ2) is 2.74. The lowest BCUT2D eigenvalue weighted by atomic mass is 10.1. The second-order valence-corrected chi connectivity index (χ2v) is 4.64. The Kier molecular flexibility index (Phi) is 2.31. The van der Waals surface area contributed by atoms with Gasteiger partial charge < -0.3 is 5.73 Å². The van der Waals surface area contributed by atoms with Gasteiger partial charge in [-0.3, -0.25) is 0 Å². The van der Waals surface area contributed by atoms with Gasteiger partial charge in [0.1, 0.15) is 0 Å². The second-order valence-electron chi connectivity index (χ2n) is 3.73. The Morgan fingerprint density at radius 1 is 1.40 bits per heavy atom. The largest absolute Gasteiger partial charge is 0.330 e. The molecule has 2 N–H and O–H groups in total. The maximum Gasteiger partial charge on any atom is -0.00334 e. The molecule has 0 aromatic rings. The summed E-state index contributed by atoms with van der Waals surface area (Å²) in [5.41, 5.74) is 6.16. The fourth-order valence-electron chi connectivity index (χ4n) is 1.84. The Bertz CT molecular complexity index is 122. The van der Waals surface area contributed by atoms with Gasteiger partial charge in [0.05, 0.1) is 0 Å². The molecule has 0 bridgehead atoms. The van der Waals surface area contributed by atoms with Crippen molar-refractivity contribution in [1.29, 1.82) is 0 Å². The van der Waals surface area contributed by atoms with Crippen LogP contribution in [0.1, 0.15) is 13.8 Å². The van der Waals surface area contributed by atoms with E-state index in [1.807, 2.05) is 11.8 Å². The average molecular weight is 159 g/mol. The first-order chi connectivity index (χ1) is 4.64. The molecule has 0 heterocycles. The van der Waals surface area contributed by atoms with E-state index in [0.29, 0.717) is 5.41 Å². The van der Waals surface area contributed by atoms with Crippen LogP contribution in [0.15, 0.2) is 0 Å². The molecule has 0 saturated heterocycles. The lowest BCUT2D eigenvalue weighted by molar-refractivity contribution is 0.549. The molecule has 1 aliphatic rings. The van der Waals surface area contributed by atoms with Crippen molar-refractivity contribution in [3.8, 4) is 0 Å². The lowest BCUT2D eigenvalue weighted by Gasteiger charge is -1.98. The van der Waals surface area contributed by atoms with Gasteiger partial charge in [0.2, 0.25) is 0 Å². The standard InChI is InChI=1S/C8H17NS/c1-8(2)6(4-9)7(8)5-10-3/h6-7H,4-5,9H2,1-3H3. The van der Waals surface area contributed by atoms with Crippen LogP contribution < -0.4 is 5.73 Å². The van der Waals surface area contributed by atoms with Gasteiger partial charge >= 0.3 is 0 Å². The molecule has 1 saturated carbocycles. The molecule has 60 valence electrons. The van der Waals surface area contributed by atoms with E-state index in [9.17, 15) is 0 Å². The van der Waals surface area contributed by atoms with Gasteiger partial charge in [-0.25, -0.2) is 0 Å². The first kappa shape index (κ1) is 8.41. The lowest BCUT2D eigenvalue weighted by Crippen LogP contribution is -2.05. The van der Waals surface area contributed by atoms with Crippen molar-refractivity contribution in [2.24, 2.45) is 23.0 Å². The average Bonchev–Trinajstić information content (AvgIpc) is 2.36. The SMILES string of the molecule is CSCC1C(CN)C1(C)C. The van der Waals surface area contributed by atoms with Crippen LogP contribution in [0.3, 0.4) is 0 Å². The third-order valence-corrected chi connectivity index (χ3v) is 3.58. The van der Waals surface area contributed by atoms with Gasteiger partial charge in [0.15, 0.2) is 0 Å². The molecule has 0 aliphatic heterocycles. The summed E-state index contributed by atoms with van der Waals surface area (Å²) in [4.78, 5) is 0. The Labute approximate surface area is 67.8 Å². The number of rotatable bonds is 3. The van der Waals surface area contributed by atoms with Crippen LogP contribution in [0.5, 0.6) is 0 Å². The maximum atomic E-state index is 5.62. The molecule has 0 spiro atoms. The zero-order valence-corrected chi connectivity index (χ0v) is 7.87. The smallest absolute Gasteiger partial charge is 0.00334 e. The predicted molar refractivity (Wildman–Crippen MR) is 48.2 cm³/mol. The Hall–Kier alpha value is 0.310. The van der Waals surface area contributed by atoms with Crippen molar-refractivity contribution < 1.29 is 0 Å². The van der Waals surface area contributed by atoms with Gasteiger partial charge in [-0.05, 0) is 35.8 Å². The van der Waals surface area contributed by atoms with Crippen molar-refractivity contribution >= 4 is 11.8 Å². The number of hydrogen-bond acceptors (Lipinski definition) is 2. The van der Waals surface area contributed by atoms with E-state index < -0.39 is 0 Å². The van der Waals surface area contributed by atoms with Gasteiger partial charge in [0, 0.05) is 0 Å². The van der Waals surface area contributed by atoms with Crippen molar-refractivity contribution in [2.75, 3.05) is 18.6 Å². The Morgan fingerprint density at radius 3 is 2.30 bits per heavy atom. The molecular formula is C8H17NS. The normalized spacial score (nSPS) is 36.0. The molecule has 10 heavy (non-hydrogen) atoms. The minimum Gasteiger partial charge on any atom is -0.330 e. The fourth-order valence-corrected chi connectivity index (χ4v) is 2.86. The van der Waals surface area contributed by atoms with Crippen LogP contribution in [0, 0.1) is 17.3 Å². The van der Waals surface area contributed by atoms with E-state index in [1.54, 1.807) is 0 Å². The van der Waals surface area contributed by atoms with Crippen LogP contribution in [-0.4, -0.2) is 18.6 Å². The molecule has 0 radical (unpaired) electrons. The first-order valence-corrected chi connectivity index (χ1v) is 5.23.